The normalized spacial score (nSPS) is 11.1. The summed E-state index contributed by atoms with van der Waals surface area (Å²) in [5.41, 5.74) is 0.365. The van der Waals surface area contributed by atoms with Gasteiger partial charge in [-0.2, -0.15) is 0 Å². The number of aldehydes is 2. The van der Waals surface area contributed by atoms with Gasteiger partial charge in [-0.1, -0.05) is 6.08 Å². The second-order valence-corrected chi connectivity index (χ2v) is 2.11. The first-order valence-electron chi connectivity index (χ1n) is 3.40. The Labute approximate surface area is 70.2 Å². The van der Waals surface area contributed by atoms with Crippen molar-refractivity contribution in [1.82, 2.24) is 0 Å². The van der Waals surface area contributed by atoms with Crippen LogP contribution in [-0.2, 0) is 19.1 Å². The third kappa shape index (κ3) is 3.09. The smallest absolute Gasteiger partial charge is 0.334 e. The second-order valence-electron chi connectivity index (χ2n) is 2.11. The van der Waals surface area contributed by atoms with Gasteiger partial charge in [-0.25, -0.2) is 4.79 Å². The molecular weight excluding hydrogens is 160 g/mol. The first-order valence-corrected chi connectivity index (χ1v) is 3.40. The predicted molar refractivity (Wildman–Crippen MR) is 41.4 cm³/mol. The fraction of sp³-hybridized carbons (Fsp3) is 0.375. The van der Waals surface area contributed by atoms with E-state index in [1.54, 1.807) is 6.92 Å². The van der Waals surface area contributed by atoms with Crippen molar-refractivity contribution in [3.05, 3.63) is 11.6 Å². The zero-order valence-corrected chi connectivity index (χ0v) is 6.94. The number of carbonyl (C=O) groups is 3. The molecule has 0 atom stereocenters. The Balaban J connectivity index is 4.16. The minimum absolute atomic E-state index is 0.272. The first kappa shape index (κ1) is 10.6. The van der Waals surface area contributed by atoms with Crippen molar-refractivity contribution in [1.29, 1.82) is 0 Å². The zero-order valence-electron chi connectivity index (χ0n) is 6.94. The van der Waals surface area contributed by atoms with Crippen molar-refractivity contribution in [3.8, 4) is 0 Å². The fourth-order valence-corrected chi connectivity index (χ4v) is 0.422. The largest absolute Gasteiger partial charge is 0.444 e. The molecule has 0 amide bonds. The molecule has 66 valence electrons. The molecule has 0 radical (unpaired) electrons. The standard InChI is InChI=1S/C8H10O4/c1-3-6(2)8(11)12-7(4-9)5-10/h3-5,7H,1-2H3. The average Bonchev–Trinajstić information content (AvgIpc) is 2.12. The molecule has 0 aromatic carbocycles. The van der Waals surface area contributed by atoms with Crippen LogP contribution in [0.4, 0.5) is 0 Å². The van der Waals surface area contributed by atoms with Crippen LogP contribution in [0.5, 0.6) is 0 Å². The number of hydrogen-bond acceptors (Lipinski definition) is 4. The minimum Gasteiger partial charge on any atom is -0.444 e. The zero-order chi connectivity index (χ0) is 9.56. The third-order valence-corrected chi connectivity index (χ3v) is 1.27. The van der Waals surface area contributed by atoms with E-state index in [0.29, 0.717) is 5.57 Å². The summed E-state index contributed by atoms with van der Waals surface area (Å²) in [6, 6.07) is 0. The maximum Gasteiger partial charge on any atom is 0.334 e. The van der Waals surface area contributed by atoms with Crippen LogP contribution < -0.4 is 0 Å². The number of esters is 1. The Bertz CT molecular complexity index is 209. The molecule has 0 saturated carbocycles. The van der Waals surface area contributed by atoms with Crippen molar-refractivity contribution in [2.75, 3.05) is 0 Å². The van der Waals surface area contributed by atoms with E-state index in [1.807, 2.05) is 0 Å². The molecule has 0 bridgehead atoms. The van der Waals surface area contributed by atoms with Crippen LogP contribution in [-0.4, -0.2) is 24.6 Å². The predicted octanol–water partition coefficient (Wildman–Crippen LogP) is 0.262. The summed E-state index contributed by atoms with van der Waals surface area (Å²) in [7, 11) is 0. The summed E-state index contributed by atoms with van der Waals surface area (Å²) in [4.78, 5) is 31.0. The molecule has 0 fully saturated rings. The van der Waals surface area contributed by atoms with Gasteiger partial charge in [0.15, 0.2) is 12.6 Å². The Morgan fingerprint density at radius 1 is 1.33 bits per heavy atom. The highest BCUT2D eigenvalue weighted by Gasteiger charge is 2.12. The van der Waals surface area contributed by atoms with Crippen molar-refractivity contribution in [2.45, 2.75) is 20.0 Å². The van der Waals surface area contributed by atoms with Crippen molar-refractivity contribution in [3.63, 3.8) is 0 Å². The molecule has 0 unspecified atom stereocenters. The topological polar surface area (TPSA) is 60.4 Å². The molecular formula is C8H10O4. The SMILES string of the molecule is CC=C(C)C(=O)OC(C=O)C=O. The van der Waals surface area contributed by atoms with E-state index < -0.39 is 12.1 Å². The molecule has 0 N–H and O–H groups in total. The van der Waals surface area contributed by atoms with Gasteiger partial charge in [0.05, 0.1) is 0 Å². The van der Waals surface area contributed by atoms with Gasteiger partial charge in [0.1, 0.15) is 0 Å². The molecule has 0 aliphatic carbocycles. The summed E-state index contributed by atoms with van der Waals surface area (Å²) in [6.45, 7) is 3.20. The highest BCUT2D eigenvalue weighted by atomic mass is 16.5. The summed E-state index contributed by atoms with van der Waals surface area (Å²) in [5.74, 6) is -0.651. The summed E-state index contributed by atoms with van der Waals surface area (Å²) in [6.07, 6.45) is 0.795. The molecule has 4 heteroatoms. The quantitative estimate of drug-likeness (QED) is 0.263. The maximum atomic E-state index is 10.9. The highest BCUT2D eigenvalue weighted by molar-refractivity contribution is 5.92. The molecule has 0 aromatic rings. The molecule has 0 spiro atoms. The molecule has 0 heterocycles. The van der Waals surface area contributed by atoms with E-state index in [-0.39, 0.29) is 12.6 Å². The van der Waals surface area contributed by atoms with Crippen LogP contribution in [0.15, 0.2) is 11.6 Å². The highest BCUT2D eigenvalue weighted by Crippen LogP contribution is 1.97. The van der Waals surface area contributed by atoms with Gasteiger partial charge < -0.3 is 4.74 Å². The van der Waals surface area contributed by atoms with E-state index in [1.165, 1.54) is 13.0 Å². The van der Waals surface area contributed by atoms with E-state index in [4.69, 9.17) is 0 Å². The molecule has 12 heavy (non-hydrogen) atoms. The molecule has 0 aromatic heterocycles. The van der Waals surface area contributed by atoms with Crippen LogP contribution in [0.25, 0.3) is 0 Å². The van der Waals surface area contributed by atoms with Crippen LogP contribution in [0.1, 0.15) is 13.8 Å². The van der Waals surface area contributed by atoms with Crippen LogP contribution in [0, 0.1) is 0 Å². The van der Waals surface area contributed by atoms with E-state index in [9.17, 15) is 14.4 Å². The Kier molecular flexibility index (Phi) is 4.60. The summed E-state index contributed by atoms with van der Waals surface area (Å²) in [5, 5.41) is 0. The van der Waals surface area contributed by atoms with Gasteiger partial charge in [-0.15, -0.1) is 0 Å². The van der Waals surface area contributed by atoms with Gasteiger partial charge in [-0.3, -0.25) is 9.59 Å². The lowest BCUT2D eigenvalue weighted by Gasteiger charge is -2.04. The van der Waals surface area contributed by atoms with Gasteiger partial charge in [0, 0.05) is 5.57 Å². The van der Waals surface area contributed by atoms with Crippen molar-refractivity contribution in [2.24, 2.45) is 0 Å². The minimum atomic E-state index is -1.28. The monoisotopic (exact) mass is 170 g/mol. The third-order valence-electron chi connectivity index (χ3n) is 1.27. The van der Waals surface area contributed by atoms with Gasteiger partial charge >= 0.3 is 5.97 Å². The molecule has 0 aliphatic heterocycles. The van der Waals surface area contributed by atoms with Crippen LogP contribution >= 0.6 is 0 Å². The Morgan fingerprint density at radius 2 is 1.83 bits per heavy atom. The summed E-state index contributed by atoms with van der Waals surface area (Å²) < 4.78 is 4.46. The van der Waals surface area contributed by atoms with Crippen molar-refractivity contribution >= 4 is 18.5 Å². The lowest BCUT2D eigenvalue weighted by atomic mass is 10.3. The van der Waals surface area contributed by atoms with E-state index in [2.05, 4.69) is 4.74 Å². The second kappa shape index (κ2) is 5.23. The van der Waals surface area contributed by atoms with E-state index in [0.717, 1.165) is 0 Å². The Morgan fingerprint density at radius 3 is 2.17 bits per heavy atom. The van der Waals surface area contributed by atoms with Gasteiger partial charge in [-0.05, 0) is 13.8 Å². The number of hydrogen-bond donors (Lipinski definition) is 0. The van der Waals surface area contributed by atoms with Crippen LogP contribution in [0.2, 0.25) is 0 Å². The van der Waals surface area contributed by atoms with Gasteiger partial charge in [0.2, 0.25) is 6.10 Å². The molecule has 0 aliphatic rings. The Hall–Kier alpha value is -1.45. The van der Waals surface area contributed by atoms with Crippen LogP contribution in [0.3, 0.4) is 0 Å². The van der Waals surface area contributed by atoms with Gasteiger partial charge in [0.25, 0.3) is 0 Å². The maximum absolute atomic E-state index is 10.9. The number of rotatable bonds is 4. The fourth-order valence-electron chi connectivity index (χ4n) is 0.422. The number of ether oxygens (including phenoxy) is 1. The number of carbonyl (C=O) groups excluding carboxylic acids is 3. The lowest BCUT2D eigenvalue weighted by Crippen LogP contribution is -2.21. The molecule has 0 saturated heterocycles. The van der Waals surface area contributed by atoms with E-state index >= 15 is 0 Å². The average molecular weight is 170 g/mol. The lowest BCUT2D eigenvalue weighted by molar-refractivity contribution is -0.150. The van der Waals surface area contributed by atoms with Crippen molar-refractivity contribution < 1.29 is 19.1 Å². The first-order chi connectivity index (χ1) is 5.65. The molecule has 0 rings (SSSR count). The summed E-state index contributed by atoms with van der Waals surface area (Å²) >= 11 is 0. The number of allylic oxidation sites excluding steroid dienone is 1. The molecule has 4 nitrogen and oxygen atoms in total.